The van der Waals surface area contributed by atoms with Gasteiger partial charge in [0.15, 0.2) is 11.5 Å². The molecule has 7 nitrogen and oxygen atoms in total. The van der Waals surface area contributed by atoms with Crippen LogP contribution in [0.5, 0.6) is 11.5 Å². The number of nitrogens with zero attached hydrogens (tertiary/aromatic N) is 2. The molecule has 2 aliphatic heterocycles. The third-order valence-corrected chi connectivity index (χ3v) is 5.39. The average molecular weight is 395 g/mol. The van der Waals surface area contributed by atoms with Crippen molar-refractivity contribution in [1.29, 1.82) is 0 Å². The molecule has 0 saturated carbocycles. The average Bonchev–Trinajstić information content (AvgIpc) is 3.25. The van der Waals surface area contributed by atoms with Crippen molar-refractivity contribution in [2.45, 2.75) is 13.5 Å². The molecule has 0 bridgehead atoms. The number of ether oxygens (including phenoxy) is 2. The summed E-state index contributed by atoms with van der Waals surface area (Å²) < 4.78 is 10.6. The highest BCUT2D eigenvalue weighted by Gasteiger charge is 2.21. The van der Waals surface area contributed by atoms with Gasteiger partial charge in [-0.2, -0.15) is 0 Å². The standard InChI is InChI=1S/C22H25N3O4/c1-2-24-9-11-25(12-10-24)22(27)18-6-4-17(5-7-18)21(26)23-14-16-3-8-19-20(13-16)29-15-28-19/h3-8,13H,2,9-12,14-15H2,1H3,(H,23,26). The molecule has 0 aromatic heterocycles. The van der Waals surface area contributed by atoms with Gasteiger partial charge in [0.1, 0.15) is 0 Å². The van der Waals surface area contributed by atoms with E-state index >= 15 is 0 Å². The molecule has 0 aliphatic carbocycles. The second-order valence-electron chi connectivity index (χ2n) is 7.17. The smallest absolute Gasteiger partial charge is 0.253 e. The summed E-state index contributed by atoms with van der Waals surface area (Å²) in [6, 6.07) is 12.4. The maximum atomic E-state index is 12.7. The first kappa shape index (κ1) is 19.3. The minimum atomic E-state index is -0.182. The van der Waals surface area contributed by atoms with Crippen molar-refractivity contribution in [3.8, 4) is 11.5 Å². The zero-order chi connectivity index (χ0) is 20.2. The number of carbonyl (C=O) groups is 2. The predicted octanol–water partition coefficient (Wildman–Crippen LogP) is 2.12. The molecule has 0 spiro atoms. The third kappa shape index (κ3) is 4.35. The number of nitrogens with one attached hydrogen (secondary N) is 1. The van der Waals surface area contributed by atoms with Gasteiger partial charge < -0.3 is 24.6 Å². The molecule has 1 saturated heterocycles. The van der Waals surface area contributed by atoms with Gasteiger partial charge in [-0.1, -0.05) is 13.0 Å². The van der Waals surface area contributed by atoms with Crippen LogP contribution in [-0.2, 0) is 6.54 Å². The summed E-state index contributed by atoms with van der Waals surface area (Å²) in [7, 11) is 0. The minimum absolute atomic E-state index is 0.0214. The van der Waals surface area contributed by atoms with Gasteiger partial charge in [-0.15, -0.1) is 0 Å². The number of fused-ring (bicyclic) bond motifs is 1. The molecule has 2 aromatic carbocycles. The Hall–Kier alpha value is -3.06. The van der Waals surface area contributed by atoms with Crippen LogP contribution in [0.1, 0.15) is 33.2 Å². The van der Waals surface area contributed by atoms with Gasteiger partial charge in [0.05, 0.1) is 0 Å². The summed E-state index contributed by atoms with van der Waals surface area (Å²) in [5.74, 6) is 1.25. The Morgan fingerprint density at radius 2 is 1.62 bits per heavy atom. The number of piperazine rings is 1. The van der Waals surface area contributed by atoms with Crippen LogP contribution in [0.25, 0.3) is 0 Å². The number of hydrogen-bond acceptors (Lipinski definition) is 5. The Morgan fingerprint density at radius 1 is 0.931 bits per heavy atom. The molecule has 1 N–H and O–H groups in total. The van der Waals surface area contributed by atoms with Crippen LogP contribution in [0.4, 0.5) is 0 Å². The summed E-state index contributed by atoms with van der Waals surface area (Å²) >= 11 is 0. The first-order chi connectivity index (χ1) is 14.1. The molecule has 0 atom stereocenters. The van der Waals surface area contributed by atoms with Crippen molar-refractivity contribution >= 4 is 11.8 Å². The van der Waals surface area contributed by atoms with Crippen molar-refractivity contribution in [2.75, 3.05) is 39.5 Å². The lowest BCUT2D eigenvalue weighted by atomic mass is 10.1. The quantitative estimate of drug-likeness (QED) is 0.840. The fraction of sp³-hybridized carbons (Fsp3) is 0.364. The van der Waals surface area contributed by atoms with Gasteiger partial charge in [0.2, 0.25) is 6.79 Å². The molecular formula is C22H25N3O4. The monoisotopic (exact) mass is 395 g/mol. The SMILES string of the molecule is CCN1CCN(C(=O)c2ccc(C(=O)NCc3ccc4c(c3)OCO4)cc2)CC1. The van der Waals surface area contributed by atoms with E-state index in [9.17, 15) is 9.59 Å². The van der Waals surface area contributed by atoms with Crippen LogP contribution < -0.4 is 14.8 Å². The van der Waals surface area contributed by atoms with E-state index in [0.717, 1.165) is 44.0 Å². The van der Waals surface area contributed by atoms with Gasteiger partial charge in [-0.05, 0) is 48.5 Å². The number of amides is 2. The third-order valence-electron chi connectivity index (χ3n) is 5.39. The Balaban J connectivity index is 1.32. The lowest BCUT2D eigenvalue weighted by molar-refractivity contribution is 0.0643. The number of benzene rings is 2. The highest BCUT2D eigenvalue weighted by atomic mass is 16.7. The molecule has 4 rings (SSSR count). The van der Waals surface area contributed by atoms with Gasteiger partial charge in [0.25, 0.3) is 11.8 Å². The van der Waals surface area contributed by atoms with Crippen molar-refractivity contribution in [1.82, 2.24) is 15.1 Å². The molecule has 2 aromatic rings. The summed E-state index contributed by atoms with van der Waals surface area (Å²) in [5.41, 5.74) is 2.07. The van der Waals surface area contributed by atoms with Gasteiger partial charge in [0, 0.05) is 43.9 Å². The molecule has 7 heteroatoms. The molecule has 152 valence electrons. The molecule has 2 heterocycles. The Bertz CT molecular complexity index is 889. The molecule has 0 radical (unpaired) electrons. The normalized spacial score (nSPS) is 16.0. The summed E-state index contributed by atoms with van der Waals surface area (Å²) in [4.78, 5) is 29.3. The lowest BCUT2D eigenvalue weighted by Crippen LogP contribution is -2.48. The Kier molecular flexibility index (Phi) is 5.67. The van der Waals surface area contributed by atoms with Gasteiger partial charge in [-0.25, -0.2) is 0 Å². The second kappa shape index (κ2) is 8.53. The van der Waals surface area contributed by atoms with E-state index in [1.807, 2.05) is 23.1 Å². The van der Waals surface area contributed by atoms with E-state index in [1.54, 1.807) is 24.3 Å². The number of likely N-dealkylation sites (N-methyl/N-ethyl adjacent to an activating group) is 1. The van der Waals surface area contributed by atoms with E-state index in [4.69, 9.17) is 9.47 Å². The summed E-state index contributed by atoms with van der Waals surface area (Å²) in [6.07, 6.45) is 0. The molecule has 29 heavy (non-hydrogen) atoms. The maximum absolute atomic E-state index is 12.7. The zero-order valence-electron chi connectivity index (χ0n) is 16.5. The van der Waals surface area contributed by atoms with Crippen molar-refractivity contribution in [3.63, 3.8) is 0 Å². The molecule has 2 aliphatic rings. The van der Waals surface area contributed by atoms with E-state index in [-0.39, 0.29) is 18.6 Å². The minimum Gasteiger partial charge on any atom is -0.454 e. The van der Waals surface area contributed by atoms with Crippen molar-refractivity contribution in [2.24, 2.45) is 0 Å². The number of hydrogen-bond donors (Lipinski definition) is 1. The zero-order valence-corrected chi connectivity index (χ0v) is 16.5. The lowest BCUT2D eigenvalue weighted by Gasteiger charge is -2.34. The van der Waals surface area contributed by atoms with Gasteiger partial charge in [-0.3, -0.25) is 9.59 Å². The van der Waals surface area contributed by atoms with Crippen LogP contribution in [0.15, 0.2) is 42.5 Å². The molecule has 1 fully saturated rings. The summed E-state index contributed by atoms with van der Waals surface area (Å²) in [5, 5.41) is 2.89. The fourth-order valence-corrected chi connectivity index (χ4v) is 3.55. The van der Waals surface area contributed by atoms with Crippen molar-refractivity contribution in [3.05, 3.63) is 59.2 Å². The molecule has 2 amide bonds. The maximum Gasteiger partial charge on any atom is 0.253 e. The van der Waals surface area contributed by atoms with E-state index in [0.29, 0.717) is 23.4 Å². The predicted molar refractivity (Wildman–Crippen MR) is 108 cm³/mol. The Morgan fingerprint density at radius 3 is 2.34 bits per heavy atom. The molecule has 0 unspecified atom stereocenters. The second-order valence-corrected chi connectivity index (χ2v) is 7.17. The topological polar surface area (TPSA) is 71.1 Å². The largest absolute Gasteiger partial charge is 0.454 e. The fourth-order valence-electron chi connectivity index (χ4n) is 3.55. The highest BCUT2D eigenvalue weighted by Crippen LogP contribution is 2.32. The van der Waals surface area contributed by atoms with Crippen LogP contribution in [-0.4, -0.2) is 61.1 Å². The van der Waals surface area contributed by atoms with Crippen LogP contribution in [0.2, 0.25) is 0 Å². The van der Waals surface area contributed by atoms with Crippen LogP contribution in [0, 0.1) is 0 Å². The first-order valence-corrected chi connectivity index (χ1v) is 9.92. The van der Waals surface area contributed by atoms with Crippen LogP contribution in [0.3, 0.4) is 0 Å². The van der Waals surface area contributed by atoms with E-state index in [2.05, 4.69) is 17.1 Å². The van der Waals surface area contributed by atoms with Crippen LogP contribution >= 0.6 is 0 Å². The van der Waals surface area contributed by atoms with Gasteiger partial charge >= 0.3 is 0 Å². The summed E-state index contributed by atoms with van der Waals surface area (Å²) in [6.45, 7) is 7.05. The number of rotatable bonds is 5. The van der Waals surface area contributed by atoms with E-state index in [1.165, 1.54) is 0 Å². The highest BCUT2D eigenvalue weighted by molar-refractivity contribution is 5.97. The Labute approximate surface area is 170 Å². The molecular weight excluding hydrogens is 370 g/mol. The number of carbonyl (C=O) groups excluding carboxylic acids is 2. The van der Waals surface area contributed by atoms with Crippen molar-refractivity contribution < 1.29 is 19.1 Å². The first-order valence-electron chi connectivity index (χ1n) is 9.92. The van der Waals surface area contributed by atoms with E-state index < -0.39 is 0 Å².